The number of halogens is 4. The highest BCUT2D eigenvalue weighted by Crippen LogP contribution is 2.34. The first-order valence-electron chi connectivity index (χ1n) is 8.85. The van der Waals surface area contributed by atoms with Gasteiger partial charge in [0.25, 0.3) is 5.91 Å². The molecule has 1 aliphatic rings. The Kier molecular flexibility index (Phi) is 4.71. The molecule has 3 aromatic rings. The van der Waals surface area contributed by atoms with Crippen LogP contribution in [-0.4, -0.2) is 42.9 Å². The number of pyridine rings is 1. The Morgan fingerprint density at radius 3 is 2.57 bits per heavy atom. The lowest BCUT2D eigenvalue weighted by molar-refractivity contribution is -0.137. The Hall–Kier alpha value is -3.10. The fourth-order valence-electron chi connectivity index (χ4n) is 3.33. The van der Waals surface area contributed by atoms with Gasteiger partial charge in [-0.1, -0.05) is 0 Å². The third-order valence-corrected chi connectivity index (χ3v) is 4.88. The Balaban J connectivity index is 1.78. The predicted octanol–water partition coefficient (Wildman–Crippen LogP) is 2.25. The molecule has 0 fully saturated rings. The van der Waals surface area contributed by atoms with Crippen molar-refractivity contribution in [3.63, 3.8) is 0 Å². The first-order valence-corrected chi connectivity index (χ1v) is 8.85. The van der Waals surface area contributed by atoms with E-state index in [-0.39, 0.29) is 17.2 Å². The van der Waals surface area contributed by atoms with Crippen molar-refractivity contribution < 1.29 is 22.4 Å². The first kappa shape index (κ1) is 20.2. The second-order valence-electron chi connectivity index (χ2n) is 6.92. The molecule has 0 spiro atoms. The van der Waals surface area contributed by atoms with Gasteiger partial charge >= 0.3 is 6.18 Å². The molecule has 0 unspecified atom stereocenters. The van der Waals surface area contributed by atoms with Gasteiger partial charge in [-0.15, -0.1) is 0 Å². The smallest absolute Gasteiger partial charge is 0.352 e. The Morgan fingerprint density at radius 1 is 1.10 bits per heavy atom. The number of hydrogen-bond acceptors (Lipinski definition) is 3. The van der Waals surface area contributed by atoms with E-state index < -0.39 is 22.8 Å². The van der Waals surface area contributed by atoms with Crippen LogP contribution in [0.1, 0.15) is 32.9 Å². The molecule has 2 aromatic heterocycles. The van der Waals surface area contributed by atoms with Crippen molar-refractivity contribution in [2.45, 2.75) is 17.8 Å². The van der Waals surface area contributed by atoms with Crippen LogP contribution in [0.2, 0.25) is 0 Å². The van der Waals surface area contributed by atoms with E-state index in [2.05, 4.69) is 15.4 Å². The van der Waals surface area contributed by atoms with Crippen molar-refractivity contribution >= 4 is 21.6 Å². The molecule has 1 N–H and O–H groups in total. The summed E-state index contributed by atoms with van der Waals surface area (Å²) in [7, 11) is 12.2. The van der Waals surface area contributed by atoms with Crippen molar-refractivity contribution in [2.75, 3.05) is 6.54 Å². The average molecular weight is 410 g/mol. The van der Waals surface area contributed by atoms with Crippen LogP contribution in [0.25, 0.3) is 5.69 Å². The number of nitrogens with zero attached hydrogens (tertiary/aromatic N) is 3. The molecule has 1 amide bonds. The van der Waals surface area contributed by atoms with Crippen LogP contribution in [0.15, 0.2) is 42.7 Å². The zero-order valence-corrected chi connectivity index (χ0v) is 15.4. The largest absolute Gasteiger partial charge is 0.416 e. The van der Waals surface area contributed by atoms with Crippen molar-refractivity contribution in [1.82, 2.24) is 20.1 Å². The molecule has 30 heavy (non-hydrogen) atoms. The maximum Gasteiger partial charge on any atom is 0.416 e. The van der Waals surface area contributed by atoms with Crippen LogP contribution in [0.4, 0.5) is 17.6 Å². The Bertz CT molecular complexity index is 1140. The van der Waals surface area contributed by atoms with E-state index in [1.54, 1.807) is 6.07 Å². The van der Waals surface area contributed by atoms with Gasteiger partial charge in [-0.3, -0.25) is 9.78 Å². The quantitative estimate of drug-likeness (QED) is 0.533. The number of carbonyl (C=O) groups excluding carboxylic acids is 1. The fraction of sp³-hybridized carbons (Fsp3) is 0.211. The van der Waals surface area contributed by atoms with E-state index in [1.807, 2.05) is 0 Å². The average Bonchev–Trinajstić information content (AvgIpc) is 3.12. The summed E-state index contributed by atoms with van der Waals surface area (Å²) in [6, 6.07) is 4.93. The molecular weight excluding hydrogens is 398 g/mol. The van der Waals surface area contributed by atoms with Crippen LogP contribution >= 0.6 is 0 Å². The first-order chi connectivity index (χ1) is 14.1. The normalized spacial score (nSPS) is 14.3. The van der Waals surface area contributed by atoms with Crippen molar-refractivity contribution in [2.24, 2.45) is 0 Å². The van der Waals surface area contributed by atoms with Gasteiger partial charge in [-0.05, 0) is 41.1 Å². The molecule has 1 aromatic carbocycles. The molecule has 11 heteroatoms. The van der Waals surface area contributed by atoms with Gasteiger partial charge in [-0.2, -0.15) is 18.3 Å². The number of alkyl halides is 3. The summed E-state index contributed by atoms with van der Waals surface area (Å²) in [6.45, 7) is 0.441. The second kappa shape index (κ2) is 7.00. The molecule has 4 rings (SSSR count). The van der Waals surface area contributed by atoms with Gasteiger partial charge in [0, 0.05) is 24.9 Å². The summed E-state index contributed by atoms with van der Waals surface area (Å²) in [4.78, 5) is 16.0. The SMILES string of the molecule is [B]C([B])(c1cc(F)cc(C(F)(F)F)c1)c1cc(-n2ncc3c2CCNC3=O)ccn1. The van der Waals surface area contributed by atoms with Crippen molar-refractivity contribution in [3.05, 3.63) is 76.6 Å². The van der Waals surface area contributed by atoms with Crippen molar-refractivity contribution in [3.8, 4) is 5.69 Å². The number of amides is 1. The summed E-state index contributed by atoms with van der Waals surface area (Å²) in [6.07, 6.45) is -1.45. The Morgan fingerprint density at radius 2 is 1.83 bits per heavy atom. The molecule has 4 radical (unpaired) electrons. The summed E-state index contributed by atoms with van der Waals surface area (Å²) < 4.78 is 54.6. The minimum atomic E-state index is -4.77. The number of benzene rings is 1. The lowest BCUT2D eigenvalue weighted by atomic mass is 9.49. The van der Waals surface area contributed by atoms with Gasteiger partial charge in [0.05, 0.1) is 44.4 Å². The number of carbonyl (C=O) groups is 1. The van der Waals surface area contributed by atoms with Crippen LogP contribution in [0.5, 0.6) is 0 Å². The third kappa shape index (κ3) is 3.48. The van der Waals surface area contributed by atoms with Crippen molar-refractivity contribution in [1.29, 1.82) is 0 Å². The summed E-state index contributed by atoms with van der Waals surface area (Å²) >= 11 is 0. The summed E-state index contributed by atoms with van der Waals surface area (Å²) in [5, 5.41) is 4.91. The van der Waals surface area contributed by atoms with E-state index in [0.717, 1.165) is 6.07 Å². The lowest BCUT2D eigenvalue weighted by Crippen LogP contribution is -2.32. The minimum absolute atomic E-state index is 0.00300. The van der Waals surface area contributed by atoms with Gasteiger partial charge in [-0.25, -0.2) is 9.07 Å². The van der Waals surface area contributed by atoms with Crippen LogP contribution in [0, 0.1) is 5.82 Å². The van der Waals surface area contributed by atoms with Gasteiger partial charge in [0.2, 0.25) is 0 Å². The number of rotatable bonds is 3. The maximum absolute atomic E-state index is 13.8. The third-order valence-electron chi connectivity index (χ3n) is 4.88. The molecule has 5 nitrogen and oxygen atoms in total. The highest BCUT2D eigenvalue weighted by atomic mass is 19.4. The number of aromatic nitrogens is 3. The molecule has 0 atom stereocenters. The van der Waals surface area contributed by atoms with E-state index in [0.29, 0.717) is 42.0 Å². The molecule has 0 saturated heterocycles. The molecule has 1 aliphatic heterocycles. The standard InChI is InChI=1S/C19H12B2F4N4O/c20-18(21,10-5-11(19(23,24)25)7-12(22)6-10)16-8-13(1-3-26-16)29-15-2-4-27-17(30)14(15)9-28-29/h1,3,5-9H,2,4H2,(H,27,30). The monoisotopic (exact) mass is 410 g/mol. The lowest BCUT2D eigenvalue weighted by Gasteiger charge is -2.27. The van der Waals surface area contributed by atoms with E-state index in [4.69, 9.17) is 15.7 Å². The molecular formula is C19H12B2F4N4O. The van der Waals surface area contributed by atoms with Crippen LogP contribution < -0.4 is 5.32 Å². The highest BCUT2D eigenvalue weighted by molar-refractivity contribution is 6.42. The maximum atomic E-state index is 13.8. The number of fused-ring (bicyclic) bond motifs is 1. The highest BCUT2D eigenvalue weighted by Gasteiger charge is 2.34. The molecule has 0 bridgehead atoms. The van der Waals surface area contributed by atoms with Gasteiger partial charge in [0.15, 0.2) is 0 Å². The van der Waals surface area contributed by atoms with Gasteiger partial charge in [0.1, 0.15) is 5.82 Å². The fourth-order valence-corrected chi connectivity index (χ4v) is 3.33. The van der Waals surface area contributed by atoms with E-state index >= 15 is 0 Å². The second-order valence-corrected chi connectivity index (χ2v) is 6.92. The topological polar surface area (TPSA) is 59.8 Å². The molecule has 0 aliphatic carbocycles. The number of nitrogens with one attached hydrogen (secondary N) is 1. The van der Waals surface area contributed by atoms with Crippen LogP contribution in [-0.2, 0) is 17.8 Å². The zero-order chi connectivity index (χ0) is 21.7. The molecule has 3 heterocycles. The summed E-state index contributed by atoms with van der Waals surface area (Å²) in [5.41, 5.74) is 0.0568. The van der Waals surface area contributed by atoms with E-state index in [9.17, 15) is 22.4 Å². The van der Waals surface area contributed by atoms with E-state index in [1.165, 1.54) is 23.1 Å². The van der Waals surface area contributed by atoms with Gasteiger partial charge < -0.3 is 5.32 Å². The minimum Gasteiger partial charge on any atom is -0.352 e. The molecule has 0 saturated carbocycles. The summed E-state index contributed by atoms with van der Waals surface area (Å²) in [5.74, 6) is -1.37. The Labute approximate surface area is 171 Å². The number of hydrogen-bond donors (Lipinski definition) is 1. The molecule has 148 valence electrons. The predicted molar refractivity (Wildman–Crippen MR) is 101 cm³/mol. The van der Waals surface area contributed by atoms with Crippen LogP contribution in [0.3, 0.4) is 0 Å². The zero-order valence-electron chi connectivity index (χ0n) is 15.4.